The van der Waals surface area contributed by atoms with Gasteiger partial charge >= 0.3 is 6.18 Å². The van der Waals surface area contributed by atoms with Crippen LogP contribution in [0.15, 0.2) is 35.2 Å². The lowest BCUT2D eigenvalue weighted by Crippen LogP contribution is -2.40. The molecule has 0 unspecified atom stereocenters. The molecule has 156 valence electrons. The average Bonchev–Trinajstić information content (AvgIpc) is 2.97. The van der Waals surface area contributed by atoms with Gasteiger partial charge in [-0.25, -0.2) is 0 Å². The average molecular weight is 426 g/mol. The van der Waals surface area contributed by atoms with Crippen LogP contribution in [0.5, 0.6) is 0 Å². The van der Waals surface area contributed by atoms with Crippen molar-refractivity contribution in [2.24, 2.45) is 5.73 Å². The number of nitrogens with two attached hydrogens (primary N) is 1. The van der Waals surface area contributed by atoms with Crippen molar-refractivity contribution in [3.63, 3.8) is 0 Å². The maximum Gasteiger partial charge on any atom is 0.393 e. The molecular formula is C20H21F3N2O3S. The minimum absolute atomic E-state index is 0.0379. The van der Waals surface area contributed by atoms with Gasteiger partial charge in [0.05, 0.1) is 12.1 Å². The van der Waals surface area contributed by atoms with Crippen molar-refractivity contribution in [2.75, 3.05) is 18.0 Å². The van der Waals surface area contributed by atoms with E-state index in [0.717, 1.165) is 11.1 Å². The first kappa shape index (κ1) is 20.2. The van der Waals surface area contributed by atoms with E-state index in [0.29, 0.717) is 43.5 Å². The van der Waals surface area contributed by atoms with Crippen LogP contribution in [0.4, 0.5) is 18.9 Å². The fourth-order valence-corrected chi connectivity index (χ4v) is 5.34. The van der Waals surface area contributed by atoms with E-state index >= 15 is 0 Å². The molecule has 0 radical (unpaired) electrons. The molecule has 2 aromatic rings. The van der Waals surface area contributed by atoms with E-state index in [1.165, 1.54) is 6.07 Å². The van der Waals surface area contributed by atoms with Crippen LogP contribution in [-0.2, 0) is 23.0 Å². The normalized spacial score (nSPS) is 17.3. The fourth-order valence-electron chi connectivity index (χ4n) is 4.38. The Balaban J connectivity index is 2.00. The molecule has 1 heterocycles. The lowest BCUT2D eigenvalue weighted by Gasteiger charge is -2.35. The highest BCUT2D eigenvalue weighted by Gasteiger charge is 2.37. The molecule has 9 heteroatoms. The molecule has 1 aliphatic heterocycles. The van der Waals surface area contributed by atoms with Crippen LogP contribution in [0, 0.1) is 0 Å². The Labute approximate surface area is 167 Å². The summed E-state index contributed by atoms with van der Waals surface area (Å²) in [6, 6.07) is 8.57. The van der Waals surface area contributed by atoms with Crippen LogP contribution < -0.4 is 10.6 Å². The molecule has 1 aliphatic carbocycles. The smallest absolute Gasteiger partial charge is 0.370 e. The Kier molecular flexibility index (Phi) is 4.87. The van der Waals surface area contributed by atoms with Crippen molar-refractivity contribution in [2.45, 2.75) is 42.8 Å². The molecule has 0 amide bonds. The number of benzene rings is 2. The third-order valence-electron chi connectivity index (χ3n) is 5.62. The molecule has 0 aromatic heterocycles. The van der Waals surface area contributed by atoms with Crippen LogP contribution in [0.1, 0.15) is 29.5 Å². The molecular weight excluding hydrogens is 405 g/mol. The van der Waals surface area contributed by atoms with Gasteiger partial charge in [-0.1, -0.05) is 24.3 Å². The van der Waals surface area contributed by atoms with Gasteiger partial charge in [0.2, 0.25) is 0 Å². The van der Waals surface area contributed by atoms with Crippen molar-refractivity contribution >= 4 is 15.8 Å². The summed E-state index contributed by atoms with van der Waals surface area (Å²) in [5.74, 6) is 0. The van der Waals surface area contributed by atoms with Gasteiger partial charge in [-0.3, -0.25) is 4.55 Å². The zero-order chi connectivity index (χ0) is 21.0. The third kappa shape index (κ3) is 3.86. The van der Waals surface area contributed by atoms with Crippen molar-refractivity contribution in [1.82, 2.24) is 0 Å². The summed E-state index contributed by atoms with van der Waals surface area (Å²) in [5, 5.41) is 0. The molecule has 2 aromatic carbocycles. The maximum atomic E-state index is 13.3. The first-order valence-electron chi connectivity index (χ1n) is 9.36. The van der Waals surface area contributed by atoms with Crippen LogP contribution in [0.25, 0.3) is 11.1 Å². The van der Waals surface area contributed by atoms with Crippen molar-refractivity contribution in [1.29, 1.82) is 0 Å². The Hall–Kier alpha value is -2.10. The predicted molar refractivity (Wildman–Crippen MR) is 104 cm³/mol. The molecule has 3 N–H and O–H groups in total. The van der Waals surface area contributed by atoms with Gasteiger partial charge in [0.15, 0.2) is 0 Å². The van der Waals surface area contributed by atoms with Gasteiger partial charge in [-0.05, 0) is 46.7 Å². The van der Waals surface area contributed by atoms with E-state index in [1.807, 2.05) is 18.2 Å². The van der Waals surface area contributed by atoms with E-state index in [1.54, 1.807) is 11.0 Å². The Morgan fingerprint density at radius 1 is 1.14 bits per heavy atom. The van der Waals surface area contributed by atoms with Crippen molar-refractivity contribution in [3.05, 3.63) is 47.0 Å². The topological polar surface area (TPSA) is 83.6 Å². The standard InChI is InChI=1S/C20H21F3N2O3S/c21-20(22,23)11-13-10-16-15-4-2-1-3-12(15)9-17(16)18(19(13)29(26,27)28)25-7-5-14(24)6-8-25/h1-4,10,14H,5-9,11,24H2,(H,26,27,28). The van der Waals surface area contributed by atoms with Gasteiger partial charge in [-0.2, -0.15) is 21.6 Å². The van der Waals surface area contributed by atoms with Crippen LogP contribution in [0.2, 0.25) is 0 Å². The van der Waals surface area contributed by atoms with Gasteiger partial charge in [0.1, 0.15) is 4.90 Å². The second kappa shape index (κ2) is 7.00. The third-order valence-corrected chi connectivity index (χ3v) is 6.59. The van der Waals surface area contributed by atoms with Gasteiger partial charge < -0.3 is 10.6 Å². The second-order valence-corrected chi connectivity index (χ2v) is 9.02. The number of halogens is 3. The molecule has 1 saturated heterocycles. The second-order valence-electron chi connectivity index (χ2n) is 7.66. The van der Waals surface area contributed by atoms with E-state index < -0.39 is 33.2 Å². The number of anilines is 1. The van der Waals surface area contributed by atoms with Crippen LogP contribution in [-0.4, -0.2) is 38.3 Å². The highest BCUT2D eigenvalue weighted by atomic mass is 32.2. The molecule has 5 nitrogen and oxygen atoms in total. The zero-order valence-corrected chi connectivity index (χ0v) is 16.4. The highest BCUT2D eigenvalue weighted by Crippen LogP contribution is 2.47. The van der Waals surface area contributed by atoms with Gasteiger partial charge in [0.25, 0.3) is 10.1 Å². The first-order valence-corrected chi connectivity index (χ1v) is 10.8. The van der Waals surface area contributed by atoms with Crippen LogP contribution >= 0.6 is 0 Å². The number of alkyl halides is 3. The Morgan fingerprint density at radius 2 is 1.79 bits per heavy atom. The quantitative estimate of drug-likeness (QED) is 0.626. The van der Waals surface area contributed by atoms with Crippen LogP contribution in [0.3, 0.4) is 0 Å². The molecule has 1 fully saturated rings. The number of hydrogen-bond acceptors (Lipinski definition) is 4. The SMILES string of the molecule is NC1CCN(c2c3c(cc(CC(F)(F)F)c2S(=O)(=O)O)-c2ccccc2C3)CC1. The van der Waals surface area contributed by atoms with Gasteiger partial charge in [-0.15, -0.1) is 0 Å². The monoisotopic (exact) mass is 426 g/mol. The molecule has 2 aliphatic rings. The maximum absolute atomic E-state index is 13.3. The summed E-state index contributed by atoms with van der Waals surface area (Å²) in [4.78, 5) is 1.13. The highest BCUT2D eigenvalue weighted by molar-refractivity contribution is 7.86. The first-order chi connectivity index (χ1) is 13.5. The summed E-state index contributed by atoms with van der Waals surface area (Å²) in [6.45, 7) is 0.837. The van der Waals surface area contributed by atoms with E-state index in [9.17, 15) is 26.1 Å². The summed E-state index contributed by atoms with van der Waals surface area (Å²) in [6.07, 6.45) is -4.46. The van der Waals surface area contributed by atoms with E-state index in [2.05, 4.69) is 0 Å². The summed E-state index contributed by atoms with van der Waals surface area (Å²) in [5.41, 5.74) is 8.66. The lowest BCUT2D eigenvalue weighted by molar-refractivity contribution is -0.127. The molecule has 0 atom stereocenters. The predicted octanol–water partition coefficient (Wildman–Crippen LogP) is 3.54. The van der Waals surface area contributed by atoms with Crippen molar-refractivity contribution in [3.8, 4) is 11.1 Å². The minimum Gasteiger partial charge on any atom is -0.370 e. The number of rotatable bonds is 3. The van der Waals surface area contributed by atoms with E-state index in [4.69, 9.17) is 5.73 Å². The molecule has 0 bridgehead atoms. The zero-order valence-electron chi connectivity index (χ0n) is 15.5. The molecule has 4 rings (SSSR count). The number of piperidine rings is 1. The fraction of sp³-hybridized carbons (Fsp3) is 0.400. The number of hydrogen-bond donors (Lipinski definition) is 2. The summed E-state index contributed by atoms with van der Waals surface area (Å²) >= 11 is 0. The summed E-state index contributed by atoms with van der Waals surface area (Å²) < 4.78 is 74.3. The number of fused-ring (bicyclic) bond motifs is 3. The lowest BCUT2D eigenvalue weighted by atomic mass is 9.96. The Bertz CT molecular complexity index is 1060. The van der Waals surface area contributed by atoms with Crippen molar-refractivity contribution < 1.29 is 26.1 Å². The van der Waals surface area contributed by atoms with Gasteiger partial charge in [0, 0.05) is 25.6 Å². The number of nitrogens with zero attached hydrogens (tertiary/aromatic N) is 1. The Morgan fingerprint density at radius 3 is 2.41 bits per heavy atom. The summed E-state index contributed by atoms with van der Waals surface area (Å²) in [7, 11) is -4.88. The molecule has 0 spiro atoms. The molecule has 29 heavy (non-hydrogen) atoms. The minimum atomic E-state index is -4.88. The largest absolute Gasteiger partial charge is 0.393 e. The molecule has 0 saturated carbocycles. The van der Waals surface area contributed by atoms with E-state index in [-0.39, 0.29) is 11.7 Å².